The van der Waals surface area contributed by atoms with Crippen molar-refractivity contribution in [2.24, 2.45) is 0 Å². The topological polar surface area (TPSA) is 72.3 Å². The molecule has 1 aliphatic heterocycles. The number of carbonyl (C=O) groups is 1. The fraction of sp³-hybridized carbons (Fsp3) is 0.304. The van der Waals surface area contributed by atoms with Crippen molar-refractivity contribution in [2.45, 2.75) is 37.8 Å². The largest absolute Gasteiger partial charge is 0.364 e. The lowest BCUT2D eigenvalue weighted by Gasteiger charge is -2.30. The summed E-state index contributed by atoms with van der Waals surface area (Å²) in [5, 5.41) is 0. The zero-order valence-electron chi connectivity index (χ0n) is 17.2. The maximum absolute atomic E-state index is 12.3. The second-order valence-electron chi connectivity index (χ2n) is 7.75. The van der Waals surface area contributed by atoms with E-state index in [1.807, 2.05) is 29.4 Å². The van der Waals surface area contributed by atoms with Gasteiger partial charge >= 0.3 is 0 Å². The number of aryl methyl sites for hydroxylation is 2. The number of Topliss-reactive ketones (excluding diaryl/α,β-unsaturated/α-hetero) is 1. The summed E-state index contributed by atoms with van der Waals surface area (Å²) in [6, 6.07) is 15.2. The maximum Gasteiger partial charge on any atom is 0.177 e. The third kappa shape index (κ3) is 4.16. The van der Waals surface area contributed by atoms with Crippen LogP contribution in [0.25, 0.3) is 0 Å². The van der Waals surface area contributed by atoms with Crippen LogP contribution in [0.2, 0.25) is 0 Å². The molecular formula is C23H25N3O3S. The molecule has 0 unspecified atom stereocenters. The van der Waals surface area contributed by atoms with Gasteiger partial charge in [-0.05, 0) is 37.1 Å². The number of imidazole rings is 1. The summed E-state index contributed by atoms with van der Waals surface area (Å²) in [4.78, 5) is 18.7. The van der Waals surface area contributed by atoms with Gasteiger partial charge in [-0.1, -0.05) is 30.3 Å². The van der Waals surface area contributed by atoms with Crippen LogP contribution in [-0.2, 0) is 35.8 Å². The van der Waals surface area contributed by atoms with Crippen LogP contribution in [0.3, 0.4) is 0 Å². The maximum atomic E-state index is 12.3. The zero-order valence-corrected chi connectivity index (χ0v) is 18.0. The lowest BCUT2D eigenvalue weighted by Crippen LogP contribution is -2.32. The Morgan fingerprint density at radius 3 is 2.60 bits per heavy atom. The van der Waals surface area contributed by atoms with E-state index >= 15 is 0 Å². The molecular weight excluding hydrogens is 398 g/mol. The van der Waals surface area contributed by atoms with Gasteiger partial charge in [0.15, 0.2) is 15.6 Å². The fourth-order valence-corrected chi connectivity index (χ4v) is 4.84. The Bertz CT molecular complexity index is 1180. The lowest BCUT2D eigenvalue weighted by atomic mass is 10.1. The third-order valence-electron chi connectivity index (χ3n) is 5.58. The van der Waals surface area contributed by atoms with Crippen LogP contribution in [0.15, 0.2) is 59.8 Å². The quantitative estimate of drug-likeness (QED) is 0.569. The molecule has 0 bridgehead atoms. The number of ketones is 1. The van der Waals surface area contributed by atoms with Crippen LogP contribution < -0.4 is 4.90 Å². The Labute approximate surface area is 177 Å². The van der Waals surface area contributed by atoms with Gasteiger partial charge in [0.05, 0.1) is 29.1 Å². The number of hydrogen-bond donors (Lipinski definition) is 0. The van der Waals surface area contributed by atoms with Crippen LogP contribution >= 0.6 is 0 Å². The summed E-state index contributed by atoms with van der Waals surface area (Å²) in [6.07, 6.45) is 4.79. The summed E-state index contributed by atoms with van der Waals surface area (Å²) in [7, 11) is -3.42. The summed E-state index contributed by atoms with van der Waals surface area (Å²) >= 11 is 0. The van der Waals surface area contributed by atoms with E-state index in [0.29, 0.717) is 24.3 Å². The number of nitrogens with zero attached hydrogens (tertiary/aromatic N) is 3. The van der Waals surface area contributed by atoms with Crippen molar-refractivity contribution in [2.75, 3.05) is 17.7 Å². The van der Waals surface area contributed by atoms with E-state index < -0.39 is 9.84 Å². The number of aromatic nitrogens is 2. The van der Waals surface area contributed by atoms with Crippen molar-refractivity contribution < 1.29 is 13.2 Å². The van der Waals surface area contributed by atoms with Crippen LogP contribution in [0.5, 0.6) is 0 Å². The molecule has 2 heterocycles. The zero-order chi connectivity index (χ0) is 21.3. The highest BCUT2D eigenvalue weighted by atomic mass is 32.2. The normalized spacial score (nSPS) is 13.9. The number of hydrogen-bond acceptors (Lipinski definition) is 5. The van der Waals surface area contributed by atoms with Crippen molar-refractivity contribution in [1.82, 2.24) is 9.55 Å². The molecule has 0 radical (unpaired) electrons. The molecule has 1 aliphatic rings. The van der Waals surface area contributed by atoms with Crippen molar-refractivity contribution in [3.05, 3.63) is 77.4 Å². The predicted molar refractivity (Wildman–Crippen MR) is 117 cm³/mol. The van der Waals surface area contributed by atoms with Crippen molar-refractivity contribution in [3.63, 3.8) is 0 Å². The van der Waals surface area contributed by atoms with Crippen molar-refractivity contribution in [3.8, 4) is 0 Å². The first kappa shape index (κ1) is 20.3. The SMILES string of the molecule is CC(=O)c1ccc(S(C)(=O)=O)c(N2CCc3c(ncn3CCc3ccccc3)C2)c1. The minimum absolute atomic E-state index is 0.0841. The Morgan fingerprint density at radius 1 is 1.13 bits per heavy atom. The molecule has 0 fully saturated rings. The van der Waals surface area contributed by atoms with E-state index in [9.17, 15) is 13.2 Å². The molecule has 6 nitrogen and oxygen atoms in total. The van der Waals surface area contributed by atoms with Crippen molar-refractivity contribution in [1.29, 1.82) is 0 Å². The van der Waals surface area contributed by atoms with Crippen LogP contribution in [0.1, 0.15) is 34.2 Å². The van der Waals surface area contributed by atoms with Gasteiger partial charge in [0.2, 0.25) is 0 Å². The minimum Gasteiger partial charge on any atom is -0.364 e. The number of benzene rings is 2. The highest BCUT2D eigenvalue weighted by molar-refractivity contribution is 7.90. The Morgan fingerprint density at radius 2 is 1.90 bits per heavy atom. The van der Waals surface area contributed by atoms with E-state index in [2.05, 4.69) is 21.7 Å². The van der Waals surface area contributed by atoms with E-state index in [1.54, 1.807) is 12.1 Å². The van der Waals surface area contributed by atoms with Crippen LogP contribution in [0.4, 0.5) is 5.69 Å². The first-order valence-corrected chi connectivity index (χ1v) is 11.9. The monoisotopic (exact) mass is 423 g/mol. The van der Waals surface area contributed by atoms with Gasteiger partial charge in [0, 0.05) is 37.0 Å². The molecule has 1 aromatic heterocycles. The van der Waals surface area contributed by atoms with Gasteiger partial charge < -0.3 is 9.47 Å². The molecule has 2 aromatic carbocycles. The Kier molecular flexibility index (Phi) is 5.47. The average molecular weight is 424 g/mol. The van der Waals surface area contributed by atoms with Gasteiger partial charge in [0.1, 0.15) is 0 Å². The summed E-state index contributed by atoms with van der Waals surface area (Å²) in [5.74, 6) is -0.0841. The second kappa shape index (κ2) is 8.07. The lowest BCUT2D eigenvalue weighted by molar-refractivity contribution is 0.101. The predicted octanol–water partition coefficient (Wildman–Crippen LogP) is 3.29. The van der Waals surface area contributed by atoms with Crippen LogP contribution in [-0.4, -0.2) is 36.6 Å². The van der Waals surface area contributed by atoms with Gasteiger partial charge in [-0.15, -0.1) is 0 Å². The Balaban J connectivity index is 1.59. The molecule has 0 N–H and O–H groups in total. The van der Waals surface area contributed by atoms with Crippen LogP contribution in [0, 0.1) is 0 Å². The molecule has 0 spiro atoms. The standard InChI is InChI=1S/C23H25N3O3S/c1-17(27)19-8-9-23(30(2,28)29)22(14-19)25-13-11-21-20(15-25)24-16-26(21)12-10-18-6-4-3-5-7-18/h3-9,14,16H,10-13,15H2,1-2H3. The number of rotatable bonds is 6. The molecule has 30 heavy (non-hydrogen) atoms. The smallest absolute Gasteiger partial charge is 0.177 e. The number of anilines is 1. The summed E-state index contributed by atoms with van der Waals surface area (Å²) < 4.78 is 26.8. The summed E-state index contributed by atoms with van der Waals surface area (Å²) in [6.45, 7) is 3.55. The first-order chi connectivity index (χ1) is 14.3. The highest BCUT2D eigenvalue weighted by Gasteiger charge is 2.25. The number of carbonyl (C=O) groups excluding carboxylic acids is 1. The second-order valence-corrected chi connectivity index (χ2v) is 9.73. The van der Waals surface area contributed by atoms with Gasteiger partial charge in [0.25, 0.3) is 0 Å². The van der Waals surface area contributed by atoms with E-state index in [-0.39, 0.29) is 10.7 Å². The Hall–Kier alpha value is -2.93. The molecule has 4 rings (SSSR count). The first-order valence-electron chi connectivity index (χ1n) is 10.00. The van der Waals surface area contributed by atoms with Gasteiger partial charge in [-0.3, -0.25) is 4.79 Å². The minimum atomic E-state index is -3.42. The van der Waals surface area contributed by atoms with Gasteiger partial charge in [-0.2, -0.15) is 0 Å². The molecule has 156 valence electrons. The molecule has 0 saturated heterocycles. The molecule has 7 heteroatoms. The van der Waals surface area contributed by atoms with E-state index in [0.717, 1.165) is 25.1 Å². The molecule has 3 aromatic rings. The fourth-order valence-electron chi connectivity index (χ4n) is 3.96. The molecule has 0 aliphatic carbocycles. The van der Waals surface area contributed by atoms with E-state index in [4.69, 9.17) is 0 Å². The molecule has 0 atom stereocenters. The molecule has 0 saturated carbocycles. The molecule has 0 amide bonds. The highest BCUT2D eigenvalue weighted by Crippen LogP contribution is 2.31. The average Bonchev–Trinajstić information content (AvgIpc) is 3.14. The number of sulfone groups is 1. The third-order valence-corrected chi connectivity index (χ3v) is 6.73. The summed E-state index contributed by atoms with van der Waals surface area (Å²) in [5.41, 5.74) is 4.54. The van der Waals surface area contributed by atoms with E-state index in [1.165, 1.54) is 30.5 Å². The van der Waals surface area contributed by atoms with Gasteiger partial charge in [-0.25, -0.2) is 13.4 Å². The van der Waals surface area contributed by atoms with Crippen molar-refractivity contribution >= 4 is 21.3 Å². The number of fused-ring (bicyclic) bond motifs is 1.